The Kier molecular flexibility index (Phi) is 4.73. The SMILES string of the molecule is CC1=C(C(=O)Nc2cc(C)on2)C(c2c(F)cccc2Cl)NC(=S)N1. The number of allylic oxidation sites excluding steroid dienone is 1. The minimum Gasteiger partial charge on any atom is -0.360 e. The molecule has 1 aliphatic rings. The highest BCUT2D eigenvalue weighted by Crippen LogP contribution is 2.33. The van der Waals surface area contributed by atoms with Crippen molar-refractivity contribution in [2.45, 2.75) is 19.9 Å². The van der Waals surface area contributed by atoms with Crippen molar-refractivity contribution in [2.75, 3.05) is 5.32 Å². The van der Waals surface area contributed by atoms with Gasteiger partial charge in [0, 0.05) is 22.3 Å². The fourth-order valence-electron chi connectivity index (χ4n) is 2.61. The number of aromatic nitrogens is 1. The number of hydrogen-bond donors (Lipinski definition) is 3. The molecule has 3 N–H and O–H groups in total. The molecule has 1 aromatic heterocycles. The van der Waals surface area contributed by atoms with Gasteiger partial charge in [0.05, 0.1) is 11.6 Å². The van der Waals surface area contributed by atoms with E-state index in [1.807, 2.05) is 0 Å². The summed E-state index contributed by atoms with van der Waals surface area (Å²) in [6.07, 6.45) is 0. The average molecular weight is 381 g/mol. The second-order valence-electron chi connectivity index (χ2n) is 5.48. The summed E-state index contributed by atoms with van der Waals surface area (Å²) in [5.41, 5.74) is 0.890. The number of amides is 1. The van der Waals surface area contributed by atoms with Gasteiger partial charge in [0.2, 0.25) is 0 Å². The molecule has 1 unspecified atom stereocenters. The quantitative estimate of drug-likeness (QED) is 0.710. The van der Waals surface area contributed by atoms with Crippen LogP contribution in [0.15, 0.2) is 40.1 Å². The van der Waals surface area contributed by atoms with E-state index < -0.39 is 17.8 Å². The summed E-state index contributed by atoms with van der Waals surface area (Å²) in [6.45, 7) is 3.38. The highest BCUT2D eigenvalue weighted by atomic mass is 35.5. The third kappa shape index (κ3) is 3.49. The van der Waals surface area contributed by atoms with Gasteiger partial charge in [-0.05, 0) is 38.2 Å². The van der Waals surface area contributed by atoms with E-state index in [2.05, 4.69) is 21.1 Å². The smallest absolute Gasteiger partial charge is 0.257 e. The van der Waals surface area contributed by atoms with Crippen LogP contribution in [0.3, 0.4) is 0 Å². The molecule has 1 aromatic carbocycles. The number of nitrogens with one attached hydrogen (secondary N) is 3. The molecule has 0 bridgehead atoms. The van der Waals surface area contributed by atoms with E-state index in [1.54, 1.807) is 26.0 Å². The lowest BCUT2D eigenvalue weighted by molar-refractivity contribution is -0.113. The van der Waals surface area contributed by atoms with Crippen LogP contribution in [-0.2, 0) is 4.79 Å². The molecule has 2 aromatic rings. The van der Waals surface area contributed by atoms with E-state index in [-0.39, 0.29) is 27.1 Å². The topological polar surface area (TPSA) is 79.2 Å². The highest BCUT2D eigenvalue weighted by Gasteiger charge is 2.33. The largest absolute Gasteiger partial charge is 0.360 e. The Bertz CT molecular complexity index is 876. The van der Waals surface area contributed by atoms with Crippen molar-refractivity contribution in [3.8, 4) is 0 Å². The van der Waals surface area contributed by atoms with E-state index >= 15 is 0 Å². The molecule has 130 valence electrons. The zero-order valence-corrected chi connectivity index (χ0v) is 14.9. The first-order chi connectivity index (χ1) is 11.9. The lowest BCUT2D eigenvalue weighted by atomic mass is 9.94. The molecule has 0 aliphatic carbocycles. The molecular weight excluding hydrogens is 367 g/mol. The van der Waals surface area contributed by atoms with E-state index in [9.17, 15) is 9.18 Å². The molecule has 3 rings (SSSR count). The van der Waals surface area contributed by atoms with Crippen molar-refractivity contribution in [1.82, 2.24) is 15.8 Å². The van der Waals surface area contributed by atoms with Crippen LogP contribution in [0.1, 0.15) is 24.3 Å². The highest BCUT2D eigenvalue weighted by molar-refractivity contribution is 7.80. The Morgan fingerprint density at radius 1 is 1.44 bits per heavy atom. The second kappa shape index (κ2) is 6.81. The Hall–Kier alpha value is -2.45. The monoisotopic (exact) mass is 380 g/mol. The maximum absolute atomic E-state index is 14.4. The molecule has 0 saturated carbocycles. The van der Waals surface area contributed by atoms with E-state index in [1.165, 1.54) is 12.1 Å². The summed E-state index contributed by atoms with van der Waals surface area (Å²) in [5.74, 6) is -0.201. The molecule has 0 saturated heterocycles. The summed E-state index contributed by atoms with van der Waals surface area (Å²) in [4.78, 5) is 12.8. The van der Waals surface area contributed by atoms with Gasteiger partial charge in [0.25, 0.3) is 5.91 Å². The molecule has 0 spiro atoms. The number of carbonyl (C=O) groups excluding carboxylic acids is 1. The number of benzene rings is 1. The minimum absolute atomic E-state index is 0.147. The molecular formula is C16H14ClFN4O2S. The predicted molar refractivity (Wildman–Crippen MR) is 95.6 cm³/mol. The van der Waals surface area contributed by atoms with Crippen molar-refractivity contribution in [1.29, 1.82) is 0 Å². The van der Waals surface area contributed by atoms with Gasteiger partial charge in [-0.25, -0.2) is 4.39 Å². The number of carbonyl (C=O) groups is 1. The predicted octanol–water partition coefficient (Wildman–Crippen LogP) is 3.21. The van der Waals surface area contributed by atoms with Crippen LogP contribution in [-0.4, -0.2) is 16.2 Å². The summed E-state index contributed by atoms with van der Waals surface area (Å²) in [6, 6.07) is 5.07. The number of nitrogens with zero attached hydrogens (tertiary/aromatic N) is 1. The summed E-state index contributed by atoms with van der Waals surface area (Å²) in [7, 11) is 0. The van der Waals surface area contributed by atoms with Crippen LogP contribution in [0.25, 0.3) is 0 Å². The number of thiocarbonyl (C=S) groups is 1. The molecule has 1 amide bonds. The van der Waals surface area contributed by atoms with Gasteiger partial charge in [-0.2, -0.15) is 0 Å². The molecule has 1 atom stereocenters. The first-order valence-electron chi connectivity index (χ1n) is 7.33. The maximum atomic E-state index is 14.4. The fraction of sp³-hybridized carbons (Fsp3) is 0.188. The van der Waals surface area contributed by atoms with Gasteiger partial charge >= 0.3 is 0 Å². The van der Waals surface area contributed by atoms with Crippen molar-refractivity contribution in [2.24, 2.45) is 0 Å². The number of rotatable bonds is 3. The van der Waals surface area contributed by atoms with Gasteiger partial charge in [-0.1, -0.05) is 22.8 Å². The summed E-state index contributed by atoms with van der Waals surface area (Å²) >= 11 is 11.3. The molecule has 6 nitrogen and oxygen atoms in total. The second-order valence-corrected chi connectivity index (χ2v) is 6.30. The van der Waals surface area contributed by atoms with Crippen molar-refractivity contribution < 1.29 is 13.7 Å². The Labute approximate surface area is 153 Å². The Balaban J connectivity index is 2.02. The fourth-order valence-corrected chi connectivity index (χ4v) is 3.15. The standard InChI is InChI=1S/C16H14ClFN4O2S/c1-7-6-11(22-24-7)20-15(23)12-8(2)19-16(25)21-14(12)13-9(17)4-3-5-10(13)18/h3-6,14H,1-2H3,(H2,19,21,25)(H,20,22,23). The lowest BCUT2D eigenvalue weighted by Gasteiger charge is -2.30. The molecule has 9 heteroatoms. The molecule has 0 fully saturated rings. The van der Waals surface area contributed by atoms with Crippen molar-refractivity contribution in [3.05, 3.63) is 57.7 Å². The van der Waals surface area contributed by atoms with Crippen LogP contribution >= 0.6 is 23.8 Å². The van der Waals surface area contributed by atoms with Crippen LogP contribution < -0.4 is 16.0 Å². The number of aryl methyl sites for hydroxylation is 1. The third-order valence-corrected chi connectivity index (χ3v) is 4.22. The van der Waals surface area contributed by atoms with Gasteiger partial charge in [0.1, 0.15) is 11.6 Å². The Morgan fingerprint density at radius 3 is 2.84 bits per heavy atom. The summed E-state index contributed by atoms with van der Waals surface area (Å²) in [5, 5.41) is 12.6. The maximum Gasteiger partial charge on any atom is 0.257 e. The average Bonchev–Trinajstić information content (AvgIpc) is 2.91. The van der Waals surface area contributed by atoms with E-state index in [4.69, 9.17) is 28.3 Å². The zero-order chi connectivity index (χ0) is 18.1. The Morgan fingerprint density at radius 2 is 2.20 bits per heavy atom. The first-order valence-corrected chi connectivity index (χ1v) is 8.12. The van der Waals surface area contributed by atoms with Gasteiger partial charge in [0.15, 0.2) is 10.9 Å². The van der Waals surface area contributed by atoms with Crippen molar-refractivity contribution >= 4 is 40.7 Å². The van der Waals surface area contributed by atoms with Gasteiger partial charge in [-0.15, -0.1) is 0 Å². The number of anilines is 1. The van der Waals surface area contributed by atoms with Gasteiger partial charge in [-0.3, -0.25) is 4.79 Å². The van der Waals surface area contributed by atoms with Crippen LogP contribution in [0.2, 0.25) is 5.02 Å². The molecule has 25 heavy (non-hydrogen) atoms. The van der Waals surface area contributed by atoms with E-state index in [0.717, 1.165) is 0 Å². The zero-order valence-electron chi connectivity index (χ0n) is 13.3. The first kappa shape index (κ1) is 17.4. The van der Waals surface area contributed by atoms with Crippen LogP contribution in [0.4, 0.5) is 10.2 Å². The normalized spacial score (nSPS) is 17.1. The third-order valence-electron chi connectivity index (χ3n) is 3.67. The molecule has 1 aliphatic heterocycles. The van der Waals surface area contributed by atoms with E-state index in [0.29, 0.717) is 11.5 Å². The number of halogens is 2. The molecule has 0 radical (unpaired) electrons. The van der Waals surface area contributed by atoms with Crippen LogP contribution in [0, 0.1) is 12.7 Å². The van der Waals surface area contributed by atoms with Crippen molar-refractivity contribution in [3.63, 3.8) is 0 Å². The van der Waals surface area contributed by atoms with Gasteiger partial charge < -0.3 is 20.5 Å². The molecule has 2 heterocycles. The lowest BCUT2D eigenvalue weighted by Crippen LogP contribution is -2.46. The van der Waals surface area contributed by atoms with Crippen LogP contribution in [0.5, 0.6) is 0 Å². The number of hydrogen-bond acceptors (Lipinski definition) is 4. The minimum atomic E-state index is -0.838. The summed E-state index contributed by atoms with van der Waals surface area (Å²) < 4.78 is 19.3.